The van der Waals surface area contributed by atoms with Crippen LogP contribution in [0.2, 0.25) is 0 Å². The summed E-state index contributed by atoms with van der Waals surface area (Å²) in [5, 5.41) is 11.4. The van der Waals surface area contributed by atoms with Crippen molar-refractivity contribution in [2.75, 3.05) is 5.32 Å². The van der Waals surface area contributed by atoms with Gasteiger partial charge in [-0.2, -0.15) is 0 Å². The molecule has 1 heterocycles. The van der Waals surface area contributed by atoms with Crippen molar-refractivity contribution in [1.82, 2.24) is 10.2 Å². The fraction of sp³-hybridized carbons (Fsp3) is 0.353. The molecule has 0 radical (unpaired) electrons. The average molecular weight is 432 g/mol. The number of hydrogen-bond acceptors (Lipinski definition) is 5. The first-order chi connectivity index (χ1) is 12.3. The third kappa shape index (κ3) is 4.57. The molecule has 0 aliphatic heterocycles. The van der Waals surface area contributed by atoms with Crippen LogP contribution in [0.5, 0.6) is 0 Å². The van der Waals surface area contributed by atoms with E-state index in [0.29, 0.717) is 10.9 Å². The van der Waals surface area contributed by atoms with E-state index in [1.807, 2.05) is 13.8 Å². The molecule has 138 valence electrons. The molecule has 1 N–H and O–H groups in total. The Bertz CT molecular complexity index is 835. The first kappa shape index (κ1) is 19.6. The Balaban J connectivity index is 1.56. The Morgan fingerprint density at radius 3 is 2.69 bits per heavy atom. The molecule has 0 bridgehead atoms. The Kier molecular flexibility index (Phi) is 5.91. The number of anilines is 1. The lowest BCUT2D eigenvalue weighted by molar-refractivity contribution is -0.118. The van der Waals surface area contributed by atoms with Crippen molar-refractivity contribution < 1.29 is 9.18 Å². The van der Waals surface area contributed by atoms with Crippen molar-refractivity contribution >= 4 is 57.3 Å². The second kappa shape index (κ2) is 7.84. The van der Waals surface area contributed by atoms with Crippen molar-refractivity contribution in [2.24, 2.45) is 17.3 Å². The molecule has 1 aliphatic rings. The highest BCUT2D eigenvalue weighted by atomic mass is 35.5. The second-order valence-corrected chi connectivity index (χ2v) is 9.77. The number of amides is 1. The summed E-state index contributed by atoms with van der Waals surface area (Å²) < 4.78 is 13.8. The van der Waals surface area contributed by atoms with Gasteiger partial charge in [-0.25, -0.2) is 4.39 Å². The quantitative estimate of drug-likeness (QED) is 0.484. The maximum absolute atomic E-state index is 12.9. The van der Waals surface area contributed by atoms with Crippen molar-refractivity contribution in [3.05, 3.63) is 46.2 Å². The van der Waals surface area contributed by atoms with E-state index < -0.39 is 0 Å². The fourth-order valence-corrected chi connectivity index (χ4v) is 4.83. The molecule has 0 saturated heterocycles. The van der Waals surface area contributed by atoms with Gasteiger partial charge in [0.25, 0.3) is 0 Å². The third-order valence-corrected chi connectivity index (χ3v) is 6.71. The van der Waals surface area contributed by atoms with Crippen LogP contribution in [0.4, 0.5) is 9.52 Å². The number of aromatic nitrogens is 2. The third-order valence-electron chi connectivity index (χ3n) is 4.41. The summed E-state index contributed by atoms with van der Waals surface area (Å²) in [6.45, 7) is 4.00. The van der Waals surface area contributed by atoms with Gasteiger partial charge in [0.05, 0.1) is 5.92 Å². The van der Waals surface area contributed by atoms with Crippen molar-refractivity contribution in [2.45, 2.75) is 23.9 Å². The molecule has 2 aromatic rings. The van der Waals surface area contributed by atoms with Gasteiger partial charge in [-0.1, -0.05) is 72.3 Å². The first-order valence-electron chi connectivity index (χ1n) is 7.82. The number of halogens is 3. The van der Waals surface area contributed by atoms with Crippen LogP contribution >= 0.6 is 46.3 Å². The summed E-state index contributed by atoms with van der Waals surface area (Å²) >= 11 is 14.2. The molecule has 0 spiro atoms. The molecule has 2 unspecified atom stereocenters. The van der Waals surface area contributed by atoms with E-state index in [4.69, 9.17) is 23.2 Å². The predicted octanol–water partition coefficient (Wildman–Crippen LogP) is 5.50. The van der Waals surface area contributed by atoms with E-state index in [1.165, 1.54) is 35.2 Å². The molecule has 26 heavy (non-hydrogen) atoms. The molecule has 4 nitrogen and oxygen atoms in total. The number of carbonyl (C=O) groups is 1. The topological polar surface area (TPSA) is 54.9 Å². The molecule has 1 fully saturated rings. The van der Waals surface area contributed by atoms with Crippen LogP contribution in [0.1, 0.15) is 19.4 Å². The Hall–Kier alpha value is -1.15. The number of carbonyl (C=O) groups excluding carboxylic acids is 1. The van der Waals surface area contributed by atoms with Crippen LogP contribution in [-0.2, 0) is 10.5 Å². The van der Waals surface area contributed by atoms with Crippen LogP contribution in [0.3, 0.4) is 0 Å². The summed E-state index contributed by atoms with van der Waals surface area (Å²) in [7, 11) is 0. The van der Waals surface area contributed by atoms with Crippen LogP contribution < -0.4 is 5.32 Å². The SMILES string of the molecule is CC1(C)C(C=C(Cl)Cl)C1C(=O)Nc1nnc(SCc2ccc(F)cc2)s1. The summed E-state index contributed by atoms with van der Waals surface area (Å²) in [5.41, 5.74) is 0.800. The van der Waals surface area contributed by atoms with Crippen molar-refractivity contribution in [3.63, 3.8) is 0 Å². The normalized spacial score (nSPS) is 20.5. The molecular weight excluding hydrogens is 416 g/mol. The Labute approximate surface area is 169 Å². The number of hydrogen-bond donors (Lipinski definition) is 1. The first-order valence-corrected chi connectivity index (χ1v) is 10.4. The Morgan fingerprint density at radius 1 is 1.35 bits per heavy atom. The lowest BCUT2D eigenvalue weighted by atomic mass is 10.1. The second-order valence-electron chi connectivity index (χ2n) is 6.56. The highest BCUT2D eigenvalue weighted by Gasteiger charge is 2.60. The highest BCUT2D eigenvalue weighted by Crippen LogP contribution is 2.60. The van der Waals surface area contributed by atoms with Gasteiger partial charge < -0.3 is 5.32 Å². The van der Waals surface area contributed by atoms with Gasteiger partial charge in [0.2, 0.25) is 11.0 Å². The van der Waals surface area contributed by atoms with Gasteiger partial charge in [0, 0.05) is 5.75 Å². The minimum absolute atomic E-state index is 0.00717. The predicted molar refractivity (Wildman–Crippen MR) is 105 cm³/mol. The van der Waals surface area contributed by atoms with Gasteiger partial charge in [-0.05, 0) is 35.1 Å². The molecule has 2 atom stereocenters. The summed E-state index contributed by atoms with van der Waals surface area (Å²) in [6.07, 6.45) is 1.71. The summed E-state index contributed by atoms with van der Waals surface area (Å²) in [4.78, 5) is 12.5. The van der Waals surface area contributed by atoms with Crippen LogP contribution in [0.15, 0.2) is 39.2 Å². The Morgan fingerprint density at radius 2 is 2.04 bits per heavy atom. The molecule has 3 rings (SSSR count). The van der Waals surface area contributed by atoms with Crippen molar-refractivity contribution in [3.8, 4) is 0 Å². The van der Waals surface area contributed by atoms with E-state index in [-0.39, 0.29) is 33.5 Å². The van der Waals surface area contributed by atoms with Crippen LogP contribution in [0.25, 0.3) is 0 Å². The van der Waals surface area contributed by atoms with E-state index in [9.17, 15) is 9.18 Å². The molecule has 1 aromatic heterocycles. The van der Waals surface area contributed by atoms with E-state index in [1.54, 1.807) is 18.2 Å². The van der Waals surface area contributed by atoms with Gasteiger partial charge in [-0.15, -0.1) is 10.2 Å². The van der Waals surface area contributed by atoms with Gasteiger partial charge >= 0.3 is 0 Å². The maximum atomic E-state index is 12.9. The van der Waals surface area contributed by atoms with Gasteiger partial charge in [0.1, 0.15) is 10.3 Å². The van der Waals surface area contributed by atoms with E-state index in [0.717, 1.165) is 9.90 Å². The minimum Gasteiger partial charge on any atom is -0.300 e. The number of rotatable bonds is 6. The lowest BCUT2D eigenvalue weighted by Crippen LogP contribution is -2.16. The average Bonchev–Trinajstić information content (AvgIpc) is 2.91. The molecule has 1 saturated carbocycles. The largest absolute Gasteiger partial charge is 0.300 e. The summed E-state index contributed by atoms with van der Waals surface area (Å²) in [6, 6.07) is 6.32. The summed E-state index contributed by atoms with van der Waals surface area (Å²) in [5.74, 6) is 0.0878. The molecule has 1 amide bonds. The monoisotopic (exact) mass is 431 g/mol. The van der Waals surface area contributed by atoms with Crippen LogP contribution in [-0.4, -0.2) is 16.1 Å². The van der Waals surface area contributed by atoms with E-state index in [2.05, 4.69) is 15.5 Å². The molecule has 1 aromatic carbocycles. The molecule has 9 heteroatoms. The zero-order valence-corrected chi connectivity index (χ0v) is 17.1. The fourth-order valence-electron chi connectivity index (χ4n) is 2.85. The zero-order valence-electron chi connectivity index (χ0n) is 14.0. The molecule has 1 aliphatic carbocycles. The number of nitrogens with one attached hydrogen (secondary N) is 1. The smallest absolute Gasteiger partial charge is 0.230 e. The van der Waals surface area contributed by atoms with Gasteiger partial charge in [-0.3, -0.25) is 4.79 Å². The zero-order chi connectivity index (χ0) is 18.9. The maximum Gasteiger partial charge on any atom is 0.230 e. The van der Waals surface area contributed by atoms with Gasteiger partial charge in [0.15, 0.2) is 4.34 Å². The highest BCUT2D eigenvalue weighted by molar-refractivity contribution is 8.00. The van der Waals surface area contributed by atoms with Crippen LogP contribution in [0, 0.1) is 23.1 Å². The van der Waals surface area contributed by atoms with Crippen molar-refractivity contribution in [1.29, 1.82) is 0 Å². The molecular formula is C17H16Cl2FN3OS2. The van der Waals surface area contributed by atoms with E-state index >= 15 is 0 Å². The number of benzene rings is 1. The lowest BCUT2D eigenvalue weighted by Gasteiger charge is -2.01. The number of allylic oxidation sites excluding steroid dienone is 1. The number of nitrogens with zero attached hydrogens (tertiary/aromatic N) is 2. The standard InChI is InChI=1S/C17H16Cl2FN3OS2/c1-17(2)11(7-12(18)19)13(17)14(24)21-15-22-23-16(26-15)25-8-9-3-5-10(20)6-4-9/h3-7,11,13H,8H2,1-2H3,(H,21,22,24). The minimum atomic E-state index is -0.258. The number of thioether (sulfide) groups is 1.